The molecule has 27 heavy (non-hydrogen) atoms. The standard InChI is InChI=1S/C23H46O4/c1-3-5-6-7-8-9-10-11-12-13-14-15-16-17-18-19-26-21-22(20-24)27-23(25)4-2/h22,24H,3-21H2,1-2H3. The Bertz CT molecular complexity index is 307. The van der Waals surface area contributed by atoms with Crippen molar-refractivity contribution in [1.29, 1.82) is 0 Å². The van der Waals surface area contributed by atoms with Crippen LogP contribution in [0, 0.1) is 0 Å². The number of carbonyl (C=O) groups is 1. The van der Waals surface area contributed by atoms with Crippen LogP contribution in [0.4, 0.5) is 0 Å². The van der Waals surface area contributed by atoms with Gasteiger partial charge in [-0.15, -0.1) is 0 Å². The van der Waals surface area contributed by atoms with E-state index >= 15 is 0 Å². The monoisotopic (exact) mass is 386 g/mol. The molecule has 0 saturated heterocycles. The van der Waals surface area contributed by atoms with E-state index in [-0.39, 0.29) is 12.6 Å². The number of ether oxygens (including phenoxy) is 2. The number of aliphatic hydroxyl groups excluding tert-OH is 1. The van der Waals surface area contributed by atoms with Crippen molar-refractivity contribution >= 4 is 5.97 Å². The van der Waals surface area contributed by atoms with Gasteiger partial charge in [-0.2, -0.15) is 0 Å². The third-order valence-electron chi connectivity index (χ3n) is 4.99. The van der Waals surface area contributed by atoms with Crippen molar-refractivity contribution in [1.82, 2.24) is 0 Å². The van der Waals surface area contributed by atoms with Crippen molar-refractivity contribution in [2.75, 3.05) is 19.8 Å². The van der Waals surface area contributed by atoms with Crippen LogP contribution in [0.2, 0.25) is 0 Å². The van der Waals surface area contributed by atoms with E-state index < -0.39 is 6.10 Å². The summed E-state index contributed by atoms with van der Waals surface area (Å²) in [7, 11) is 0. The van der Waals surface area contributed by atoms with E-state index in [1.165, 1.54) is 89.9 Å². The fraction of sp³-hybridized carbons (Fsp3) is 0.957. The minimum absolute atomic E-state index is 0.176. The molecule has 0 aliphatic carbocycles. The fourth-order valence-electron chi connectivity index (χ4n) is 3.18. The number of esters is 1. The van der Waals surface area contributed by atoms with E-state index in [0.717, 1.165) is 6.42 Å². The molecule has 0 bridgehead atoms. The molecule has 0 aromatic carbocycles. The van der Waals surface area contributed by atoms with Crippen LogP contribution in [0.25, 0.3) is 0 Å². The summed E-state index contributed by atoms with van der Waals surface area (Å²) >= 11 is 0. The van der Waals surface area contributed by atoms with Gasteiger partial charge in [0.1, 0.15) is 6.10 Å². The number of hydrogen-bond acceptors (Lipinski definition) is 4. The number of unbranched alkanes of at least 4 members (excludes halogenated alkanes) is 14. The van der Waals surface area contributed by atoms with Gasteiger partial charge in [0.25, 0.3) is 0 Å². The van der Waals surface area contributed by atoms with Crippen molar-refractivity contribution in [2.45, 2.75) is 123 Å². The van der Waals surface area contributed by atoms with Crippen molar-refractivity contribution < 1.29 is 19.4 Å². The third-order valence-corrected chi connectivity index (χ3v) is 4.99. The molecule has 1 unspecified atom stereocenters. The van der Waals surface area contributed by atoms with Gasteiger partial charge in [-0.3, -0.25) is 4.79 Å². The minimum Gasteiger partial charge on any atom is -0.457 e. The van der Waals surface area contributed by atoms with E-state index in [1.54, 1.807) is 6.92 Å². The van der Waals surface area contributed by atoms with Crippen LogP contribution in [0.15, 0.2) is 0 Å². The summed E-state index contributed by atoms with van der Waals surface area (Å²) in [4.78, 5) is 11.2. The van der Waals surface area contributed by atoms with Crippen molar-refractivity contribution in [2.24, 2.45) is 0 Å². The molecule has 4 heteroatoms. The molecule has 0 spiro atoms. The lowest BCUT2D eigenvalue weighted by molar-refractivity contribution is -0.154. The number of carbonyl (C=O) groups excluding carboxylic acids is 1. The van der Waals surface area contributed by atoms with E-state index in [4.69, 9.17) is 14.6 Å². The van der Waals surface area contributed by atoms with E-state index in [0.29, 0.717) is 19.6 Å². The lowest BCUT2D eigenvalue weighted by Gasteiger charge is -2.15. The fourth-order valence-corrected chi connectivity index (χ4v) is 3.18. The first kappa shape index (κ1) is 26.4. The molecule has 1 N–H and O–H groups in total. The Balaban J connectivity index is 3.19. The van der Waals surface area contributed by atoms with E-state index in [9.17, 15) is 4.79 Å². The molecular formula is C23H46O4. The van der Waals surface area contributed by atoms with Crippen LogP contribution in [0.3, 0.4) is 0 Å². The van der Waals surface area contributed by atoms with Gasteiger partial charge < -0.3 is 14.6 Å². The first-order valence-corrected chi connectivity index (χ1v) is 11.6. The maximum Gasteiger partial charge on any atom is 0.305 e. The quantitative estimate of drug-likeness (QED) is 0.189. The van der Waals surface area contributed by atoms with Crippen molar-refractivity contribution in [3.8, 4) is 0 Å². The lowest BCUT2D eigenvalue weighted by Crippen LogP contribution is -2.27. The normalized spacial score (nSPS) is 12.3. The minimum atomic E-state index is -0.520. The first-order chi connectivity index (χ1) is 13.2. The second kappa shape index (κ2) is 21.7. The smallest absolute Gasteiger partial charge is 0.305 e. The summed E-state index contributed by atoms with van der Waals surface area (Å²) in [5.41, 5.74) is 0. The van der Waals surface area contributed by atoms with Gasteiger partial charge in [-0.25, -0.2) is 0 Å². The van der Waals surface area contributed by atoms with Gasteiger partial charge in [0, 0.05) is 13.0 Å². The Kier molecular flexibility index (Phi) is 21.2. The molecule has 0 aliphatic heterocycles. The highest BCUT2D eigenvalue weighted by Crippen LogP contribution is 2.13. The summed E-state index contributed by atoms with van der Waals surface area (Å²) in [6.45, 7) is 4.81. The predicted molar refractivity (Wildman–Crippen MR) is 113 cm³/mol. The molecule has 0 aromatic heterocycles. The Hall–Kier alpha value is -0.610. The van der Waals surface area contributed by atoms with Gasteiger partial charge in [-0.1, -0.05) is 104 Å². The second-order valence-electron chi connectivity index (χ2n) is 7.67. The van der Waals surface area contributed by atoms with Gasteiger partial charge in [0.15, 0.2) is 0 Å². The molecule has 0 aromatic rings. The van der Waals surface area contributed by atoms with Gasteiger partial charge in [-0.05, 0) is 6.42 Å². The molecule has 0 amide bonds. The van der Waals surface area contributed by atoms with Crippen LogP contribution in [0.1, 0.15) is 117 Å². The van der Waals surface area contributed by atoms with Crippen molar-refractivity contribution in [3.63, 3.8) is 0 Å². The molecule has 0 radical (unpaired) electrons. The molecule has 4 nitrogen and oxygen atoms in total. The SMILES string of the molecule is CCCCCCCCCCCCCCCCCOCC(CO)OC(=O)CC. The maximum absolute atomic E-state index is 11.2. The zero-order chi connectivity index (χ0) is 20.0. The summed E-state index contributed by atoms with van der Waals surface area (Å²) < 4.78 is 10.6. The lowest BCUT2D eigenvalue weighted by atomic mass is 10.0. The zero-order valence-electron chi connectivity index (χ0n) is 18.2. The molecule has 0 fully saturated rings. The number of hydrogen-bond donors (Lipinski definition) is 1. The summed E-state index contributed by atoms with van der Waals surface area (Å²) in [5.74, 6) is -0.287. The molecule has 162 valence electrons. The number of rotatable bonds is 21. The van der Waals surface area contributed by atoms with Crippen LogP contribution in [-0.4, -0.2) is 37.0 Å². The number of aliphatic hydroxyl groups is 1. The molecule has 1 atom stereocenters. The molecule has 0 aliphatic rings. The van der Waals surface area contributed by atoms with Gasteiger partial charge >= 0.3 is 5.97 Å². The van der Waals surface area contributed by atoms with Crippen LogP contribution in [0.5, 0.6) is 0 Å². The Morgan fingerprint density at radius 1 is 0.741 bits per heavy atom. The van der Waals surface area contributed by atoms with Gasteiger partial charge in [0.2, 0.25) is 0 Å². The molecule has 0 saturated carbocycles. The largest absolute Gasteiger partial charge is 0.457 e. The maximum atomic E-state index is 11.2. The predicted octanol–water partition coefficient (Wildman–Crippen LogP) is 6.19. The van der Waals surface area contributed by atoms with E-state index in [2.05, 4.69) is 6.92 Å². The highest BCUT2D eigenvalue weighted by atomic mass is 16.6. The summed E-state index contributed by atoms with van der Waals surface area (Å²) in [6.07, 6.45) is 20.1. The summed E-state index contributed by atoms with van der Waals surface area (Å²) in [5, 5.41) is 9.15. The van der Waals surface area contributed by atoms with Gasteiger partial charge in [0.05, 0.1) is 13.2 Å². The first-order valence-electron chi connectivity index (χ1n) is 11.6. The van der Waals surface area contributed by atoms with Crippen LogP contribution >= 0.6 is 0 Å². The van der Waals surface area contributed by atoms with Crippen LogP contribution in [-0.2, 0) is 14.3 Å². The highest BCUT2D eigenvalue weighted by molar-refractivity contribution is 5.69. The topological polar surface area (TPSA) is 55.8 Å². The highest BCUT2D eigenvalue weighted by Gasteiger charge is 2.12. The van der Waals surface area contributed by atoms with E-state index in [1.807, 2.05) is 0 Å². The molecule has 0 rings (SSSR count). The Morgan fingerprint density at radius 3 is 1.59 bits per heavy atom. The zero-order valence-corrected chi connectivity index (χ0v) is 18.2. The molecule has 0 heterocycles. The average Bonchev–Trinajstić information content (AvgIpc) is 2.69. The molecular weight excluding hydrogens is 340 g/mol. The summed E-state index contributed by atoms with van der Waals surface area (Å²) in [6, 6.07) is 0. The van der Waals surface area contributed by atoms with Crippen molar-refractivity contribution in [3.05, 3.63) is 0 Å². The Labute approximate surface area is 168 Å². The van der Waals surface area contributed by atoms with Crippen LogP contribution < -0.4 is 0 Å². The Morgan fingerprint density at radius 2 is 1.19 bits per heavy atom. The second-order valence-corrected chi connectivity index (χ2v) is 7.67. The average molecular weight is 387 g/mol. The third kappa shape index (κ3) is 19.9.